The van der Waals surface area contributed by atoms with Gasteiger partial charge >= 0.3 is 0 Å². The van der Waals surface area contributed by atoms with Gasteiger partial charge in [0.2, 0.25) is 15.9 Å². The molecule has 6 heteroatoms. The van der Waals surface area contributed by atoms with Crippen LogP contribution in [0.1, 0.15) is 22.3 Å². The average molecular weight is 372 g/mol. The second-order valence-electron chi connectivity index (χ2n) is 6.72. The Morgan fingerprint density at radius 1 is 1.15 bits per heavy atom. The fourth-order valence-corrected chi connectivity index (χ4v) is 4.68. The van der Waals surface area contributed by atoms with Gasteiger partial charge in [0, 0.05) is 13.1 Å². The van der Waals surface area contributed by atoms with Gasteiger partial charge in [-0.3, -0.25) is 9.10 Å². The molecule has 0 bridgehead atoms. The van der Waals surface area contributed by atoms with Gasteiger partial charge in [0.1, 0.15) is 0 Å². The molecule has 0 aliphatic carbocycles. The minimum atomic E-state index is -3.44. The molecule has 0 spiro atoms. The number of amides is 1. The maximum Gasteiger partial charge on any atom is 0.236 e. The van der Waals surface area contributed by atoms with Crippen LogP contribution in [0.3, 0.4) is 0 Å². The molecule has 0 saturated heterocycles. The van der Waals surface area contributed by atoms with Gasteiger partial charge in [-0.15, -0.1) is 0 Å². The first-order chi connectivity index (χ1) is 12.4. The Kier molecular flexibility index (Phi) is 5.32. The number of nitrogens with one attached hydrogen (secondary N) is 1. The highest BCUT2D eigenvalue weighted by Gasteiger charge is 2.28. The molecule has 26 heavy (non-hydrogen) atoms. The van der Waals surface area contributed by atoms with Gasteiger partial charge in [0.05, 0.1) is 17.9 Å². The molecular formula is C20H24N2O3S. The highest BCUT2D eigenvalue weighted by molar-refractivity contribution is 7.92. The van der Waals surface area contributed by atoms with Crippen LogP contribution in [0.25, 0.3) is 0 Å². The molecule has 2 aromatic carbocycles. The summed E-state index contributed by atoms with van der Waals surface area (Å²) in [5.74, 6) is -0.254. The van der Waals surface area contributed by atoms with E-state index in [2.05, 4.69) is 5.32 Å². The Labute approximate surface area is 155 Å². The molecule has 1 amide bonds. The van der Waals surface area contributed by atoms with E-state index in [0.29, 0.717) is 6.54 Å². The summed E-state index contributed by atoms with van der Waals surface area (Å²) in [6.45, 7) is 4.54. The number of aryl methyl sites for hydroxylation is 2. The van der Waals surface area contributed by atoms with Crippen LogP contribution in [-0.4, -0.2) is 33.2 Å². The standard InChI is InChI=1S/C20H24N2O3S/c1-15-7-8-16(2)18(13-15)14-20(23)21-10-12-26(24,25)22-11-9-17-5-3-4-6-19(17)22/h3-8,13H,9-12,14H2,1-2H3,(H,21,23). The topological polar surface area (TPSA) is 66.5 Å². The van der Waals surface area contributed by atoms with Crippen LogP contribution in [0.4, 0.5) is 5.69 Å². The molecule has 0 aromatic heterocycles. The number of hydrogen-bond donors (Lipinski definition) is 1. The van der Waals surface area contributed by atoms with E-state index in [9.17, 15) is 13.2 Å². The number of nitrogens with zero attached hydrogens (tertiary/aromatic N) is 1. The fraction of sp³-hybridized carbons (Fsp3) is 0.350. The van der Waals surface area contributed by atoms with Crippen LogP contribution in [-0.2, 0) is 27.7 Å². The number of carbonyl (C=O) groups is 1. The maximum atomic E-state index is 12.6. The van der Waals surface area contributed by atoms with E-state index >= 15 is 0 Å². The predicted octanol–water partition coefficient (Wildman–Crippen LogP) is 2.35. The average Bonchev–Trinajstić information content (AvgIpc) is 3.03. The summed E-state index contributed by atoms with van der Waals surface area (Å²) in [5.41, 5.74) is 4.95. The van der Waals surface area contributed by atoms with E-state index < -0.39 is 10.0 Å². The molecule has 0 fully saturated rings. The second-order valence-corrected chi connectivity index (χ2v) is 8.74. The van der Waals surface area contributed by atoms with E-state index in [1.165, 1.54) is 4.31 Å². The third-order valence-electron chi connectivity index (χ3n) is 4.72. The molecule has 2 aromatic rings. The number of anilines is 1. The van der Waals surface area contributed by atoms with Crippen LogP contribution in [0.15, 0.2) is 42.5 Å². The smallest absolute Gasteiger partial charge is 0.236 e. The number of fused-ring (bicyclic) bond motifs is 1. The van der Waals surface area contributed by atoms with Gasteiger partial charge in [0.25, 0.3) is 0 Å². The van der Waals surface area contributed by atoms with Gasteiger partial charge in [-0.05, 0) is 43.0 Å². The molecule has 1 N–H and O–H groups in total. The Morgan fingerprint density at radius 2 is 1.92 bits per heavy atom. The Bertz CT molecular complexity index is 922. The first-order valence-corrected chi connectivity index (χ1v) is 10.4. The monoisotopic (exact) mass is 372 g/mol. The molecule has 5 nitrogen and oxygen atoms in total. The van der Waals surface area contributed by atoms with Crippen molar-refractivity contribution in [2.75, 3.05) is 23.1 Å². The quantitative estimate of drug-likeness (QED) is 0.846. The summed E-state index contributed by atoms with van der Waals surface area (Å²) in [7, 11) is -3.44. The van der Waals surface area contributed by atoms with Gasteiger partial charge in [-0.1, -0.05) is 42.0 Å². The van der Waals surface area contributed by atoms with Crippen molar-refractivity contribution in [3.63, 3.8) is 0 Å². The van der Waals surface area contributed by atoms with Crippen molar-refractivity contribution >= 4 is 21.6 Å². The summed E-state index contributed by atoms with van der Waals surface area (Å²) in [5, 5.41) is 2.74. The van der Waals surface area contributed by atoms with Crippen molar-refractivity contribution < 1.29 is 13.2 Å². The summed E-state index contributed by atoms with van der Waals surface area (Å²) < 4.78 is 26.7. The lowest BCUT2D eigenvalue weighted by Crippen LogP contribution is -2.37. The Morgan fingerprint density at radius 3 is 2.73 bits per heavy atom. The van der Waals surface area contributed by atoms with E-state index in [1.807, 2.05) is 56.3 Å². The van der Waals surface area contributed by atoms with Crippen LogP contribution < -0.4 is 9.62 Å². The van der Waals surface area contributed by atoms with Gasteiger partial charge in [-0.2, -0.15) is 0 Å². The molecule has 0 unspecified atom stereocenters. The Balaban J connectivity index is 1.56. The lowest BCUT2D eigenvalue weighted by molar-refractivity contribution is -0.120. The molecule has 0 saturated carbocycles. The lowest BCUT2D eigenvalue weighted by atomic mass is 10.0. The molecule has 138 valence electrons. The number of benzene rings is 2. The zero-order valence-electron chi connectivity index (χ0n) is 15.2. The lowest BCUT2D eigenvalue weighted by Gasteiger charge is -2.19. The van der Waals surface area contributed by atoms with E-state index in [0.717, 1.165) is 34.4 Å². The van der Waals surface area contributed by atoms with Crippen LogP contribution in [0.5, 0.6) is 0 Å². The third kappa shape index (κ3) is 4.07. The van der Waals surface area contributed by atoms with E-state index in [4.69, 9.17) is 0 Å². The second kappa shape index (κ2) is 7.50. The van der Waals surface area contributed by atoms with Crippen molar-refractivity contribution in [2.45, 2.75) is 26.7 Å². The largest absolute Gasteiger partial charge is 0.355 e. The highest BCUT2D eigenvalue weighted by atomic mass is 32.2. The number of rotatable bonds is 6. The normalized spacial score (nSPS) is 13.5. The van der Waals surface area contributed by atoms with Crippen LogP contribution in [0, 0.1) is 13.8 Å². The van der Waals surface area contributed by atoms with Crippen molar-refractivity contribution in [2.24, 2.45) is 0 Å². The SMILES string of the molecule is Cc1ccc(C)c(CC(=O)NCCS(=O)(=O)N2CCc3ccccc32)c1. The third-order valence-corrected chi connectivity index (χ3v) is 6.49. The number of hydrogen-bond acceptors (Lipinski definition) is 3. The van der Waals surface area contributed by atoms with Crippen molar-refractivity contribution in [1.29, 1.82) is 0 Å². The molecule has 0 atom stereocenters. The van der Waals surface area contributed by atoms with Crippen LogP contribution in [0.2, 0.25) is 0 Å². The van der Waals surface area contributed by atoms with E-state index in [-0.39, 0.29) is 24.6 Å². The summed E-state index contributed by atoms with van der Waals surface area (Å²) in [4.78, 5) is 12.2. The molecule has 1 heterocycles. The molecule has 1 aliphatic heterocycles. The van der Waals surface area contributed by atoms with Crippen molar-refractivity contribution in [3.05, 3.63) is 64.7 Å². The minimum Gasteiger partial charge on any atom is -0.355 e. The Hall–Kier alpha value is -2.34. The zero-order chi connectivity index (χ0) is 18.7. The van der Waals surface area contributed by atoms with Gasteiger partial charge in [-0.25, -0.2) is 8.42 Å². The van der Waals surface area contributed by atoms with Gasteiger partial charge in [0.15, 0.2) is 0 Å². The first kappa shape index (κ1) is 18.5. The maximum absolute atomic E-state index is 12.6. The van der Waals surface area contributed by atoms with Crippen LogP contribution >= 0.6 is 0 Å². The minimum absolute atomic E-state index is 0.0973. The summed E-state index contributed by atoms with van der Waals surface area (Å²) in [6, 6.07) is 13.5. The summed E-state index contributed by atoms with van der Waals surface area (Å²) >= 11 is 0. The highest BCUT2D eigenvalue weighted by Crippen LogP contribution is 2.29. The molecule has 1 aliphatic rings. The fourth-order valence-electron chi connectivity index (χ4n) is 3.25. The number of sulfonamides is 1. The molecular weight excluding hydrogens is 348 g/mol. The molecule has 0 radical (unpaired) electrons. The van der Waals surface area contributed by atoms with Gasteiger partial charge < -0.3 is 5.32 Å². The van der Waals surface area contributed by atoms with E-state index in [1.54, 1.807) is 0 Å². The predicted molar refractivity (Wildman–Crippen MR) is 104 cm³/mol. The van der Waals surface area contributed by atoms with Crippen molar-refractivity contribution in [3.8, 4) is 0 Å². The first-order valence-electron chi connectivity index (χ1n) is 8.78. The number of para-hydroxylation sites is 1. The summed E-state index contributed by atoms with van der Waals surface area (Å²) in [6.07, 6.45) is 0.995. The van der Waals surface area contributed by atoms with Crippen molar-refractivity contribution in [1.82, 2.24) is 5.32 Å². The molecule has 3 rings (SSSR count). The zero-order valence-corrected chi connectivity index (χ0v) is 16.0. The number of carbonyl (C=O) groups excluding carboxylic acids is 1.